The largest absolute Gasteiger partial charge is 0.297 e. The van der Waals surface area contributed by atoms with Gasteiger partial charge in [-0.2, -0.15) is 0 Å². The summed E-state index contributed by atoms with van der Waals surface area (Å²) in [7, 11) is -7.38. The van der Waals surface area contributed by atoms with E-state index in [4.69, 9.17) is 0 Å². The highest BCUT2D eigenvalue weighted by Gasteiger charge is 2.48. The van der Waals surface area contributed by atoms with Crippen LogP contribution in [0.3, 0.4) is 0 Å². The van der Waals surface area contributed by atoms with Crippen molar-refractivity contribution in [2.45, 2.75) is 29.7 Å². The normalized spacial score (nSPS) is 25.0. The fourth-order valence-electron chi connectivity index (χ4n) is 4.50. The Morgan fingerprint density at radius 1 is 1.00 bits per heavy atom. The molecule has 0 saturated carbocycles. The smallest absolute Gasteiger partial charge is 0.183 e. The van der Waals surface area contributed by atoms with Gasteiger partial charge >= 0.3 is 0 Å². The van der Waals surface area contributed by atoms with Gasteiger partial charge in [-0.1, -0.05) is 30.3 Å². The van der Waals surface area contributed by atoms with E-state index >= 15 is 0 Å². The molecule has 2 aliphatic heterocycles. The lowest BCUT2D eigenvalue weighted by atomic mass is 10.1. The molecule has 0 N–H and O–H groups in total. The van der Waals surface area contributed by atoms with Gasteiger partial charge in [0, 0.05) is 38.8 Å². The zero-order valence-electron chi connectivity index (χ0n) is 17.4. The molecule has 0 aliphatic carbocycles. The van der Waals surface area contributed by atoms with Crippen LogP contribution >= 0.6 is 0 Å². The topological polar surface area (TPSA) is 74.8 Å². The van der Waals surface area contributed by atoms with Crippen LogP contribution in [0.1, 0.15) is 11.1 Å². The molecule has 2 atom stereocenters. The highest BCUT2D eigenvalue weighted by atomic mass is 32.2. The highest BCUT2D eigenvalue weighted by molar-refractivity contribution is 7.96. The number of sulfone groups is 2. The third kappa shape index (κ3) is 4.84. The van der Waals surface area contributed by atoms with E-state index in [1.165, 1.54) is 24.6 Å². The monoisotopic (exact) mass is 466 g/mol. The van der Waals surface area contributed by atoms with Gasteiger partial charge in [0.25, 0.3) is 0 Å². The second-order valence-corrected chi connectivity index (χ2v) is 12.8. The van der Waals surface area contributed by atoms with Crippen LogP contribution in [0.2, 0.25) is 0 Å². The fraction of sp³-hybridized carbons (Fsp3) is 0.455. The van der Waals surface area contributed by atoms with E-state index in [2.05, 4.69) is 17.0 Å². The van der Waals surface area contributed by atoms with Gasteiger partial charge in [0.1, 0.15) is 5.82 Å². The Hall–Kier alpha value is -1.81. The van der Waals surface area contributed by atoms with Gasteiger partial charge in [0.15, 0.2) is 19.7 Å². The minimum absolute atomic E-state index is 0.0128. The molecular formula is C22H27FN2O4S2. The molecule has 6 nitrogen and oxygen atoms in total. The summed E-state index contributed by atoms with van der Waals surface area (Å²) in [6.45, 7) is 5.03. The molecular weight excluding hydrogens is 439 g/mol. The average molecular weight is 467 g/mol. The number of benzene rings is 2. The molecule has 2 aromatic rings. The predicted molar refractivity (Wildman–Crippen MR) is 118 cm³/mol. The number of nitrogens with zero attached hydrogens (tertiary/aromatic N) is 2. The standard InChI is InChI=1S/C22H27FN2O4S2/c1-17-13-19(7-8-20(17)23)31(28,29)22-16-30(26,27)15-21(22)25-11-9-24(10-12-25)14-18-5-3-2-4-6-18/h2-8,13,21-22H,9-12,14-16H2,1H3. The number of rotatable bonds is 5. The van der Waals surface area contributed by atoms with Crippen LogP contribution < -0.4 is 0 Å². The van der Waals surface area contributed by atoms with Crippen molar-refractivity contribution in [3.05, 3.63) is 65.5 Å². The second-order valence-electron chi connectivity index (χ2n) is 8.44. The first-order chi connectivity index (χ1) is 14.7. The van der Waals surface area contributed by atoms with Crippen LogP contribution in [0.15, 0.2) is 53.4 Å². The second kappa shape index (κ2) is 8.61. The third-order valence-electron chi connectivity index (χ3n) is 6.25. The highest BCUT2D eigenvalue weighted by Crippen LogP contribution is 2.30. The van der Waals surface area contributed by atoms with E-state index in [1.54, 1.807) is 0 Å². The molecule has 168 valence electrons. The SMILES string of the molecule is Cc1cc(S(=O)(=O)C2CS(=O)(=O)CC2N2CCN(Cc3ccccc3)CC2)ccc1F. The minimum atomic E-state index is -3.91. The van der Waals surface area contributed by atoms with Crippen LogP contribution in [0, 0.1) is 12.7 Å². The van der Waals surface area contributed by atoms with Crippen LogP contribution in [0.25, 0.3) is 0 Å². The Bertz CT molecular complexity index is 1150. The Morgan fingerprint density at radius 3 is 2.32 bits per heavy atom. The molecule has 2 aromatic carbocycles. The summed E-state index contributed by atoms with van der Waals surface area (Å²) in [6.07, 6.45) is 0. The van der Waals surface area contributed by atoms with Crippen molar-refractivity contribution in [1.29, 1.82) is 0 Å². The van der Waals surface area contributed by atoms with Crippen molar-refractivity contribution in [2.24, 2.45) is 0 Å². The van der Waals surface area contributed by atoms with Crippen molar-refractivity contribution >= 4 is 19.7 Å². The first-order valence-corrected chi connectivity index (χ1v) is 13.7. The summed E-state index contributed by atoms with van der Waals surface area (Å²) < 4.78 is 65.2. The number of hydrogen-bond donors (Lipinski definition) is 0. The Balaban J connectivity index is 1.51. The quantitative estimate of drug-likeness (QED) is 0.627. The van der Waals surface area contributed by atoms with Gasteiger partial charge in [-0.25, -0.2) is 21.2 Å². The van der Waals surface area contributed by atoms with Gasteiger partial charge in [0.2, 0.25) is 0 Å². The lowest BCUT2D eigenvalue weighted by Gasteiger charge is -2.39. The number of aryl methyl sites for hydroxylation is 1. The molecule has 0 bridgehead atoms. The summed E-state index contributed by atoms with van der Waals surface area (Å²) in [5.74, 6) is -1.03. The predicted octanol–water partition coefficient (Wildman–Crippen LogP) is 1.89. The van der Waals surface area contributed by atoms with E-state index < -0.39 is 36.8 Å². The Labute approximate surface area is 183 Å². The first-order valence-electron chi connectivity index (χ1n) is 10.4. The van der Waals surface area contributed by atoms with Crippen molar-refractivity contribution in [1.82, 2.24) is 9.80 Å². The number of halogens is 1. The zero-order valence-corrected chi connectivity index (χ0v) is 19.1. The molecule has 9 heteroatoms. The molecule has 31 heavy (non-hydrogen) atoms. The summed E-state index contributed by atoms with van der Waals surface area (Å²) in [6, 6.07) is 13.2. The van der Waals surface area contributed by atoms with E-state index in [0.717, 1.165) is 25.7 Å². The summed E-state index contributed by atoms with van der Waals surface area (Å²) in [5.41, 5.74) is 1.44. The molecule has 0 spiro atoms. The number of hydrogen-bond acceptors (Lipinski definition) is 6. The van der Waals surface area contributed by atoms with E-state index in [1.807, 2.05) is 23.1 Å². The van der Waals surface area contributed by atoms with Crippen molar-refractivity contribution < 1.29 is 21.2 Å². The van der Waals surface area contributed by atoms with Crippen LogP contribution in [-0.4, -0.2) is 75.6 Å². The maximum Gasteiger partial charge on any atom is 0.183 e. The van der Waals surface area contributed by atoms with Crippen LogP contribution in [-0.2, 0) is 26.2 Å². The summed E-state index contributed by atoms with van der Waals surface area (Å²) in [5, 5.41) is -1.04. The molecule has 0 amide bonds. The van der Waals surface area contributed by atoms with Gasteiger partial charge in [-0.3, -0.25) is 9.80 Å². The first kappa shape index (κ1) is 22.4. The zero-order chi connectivity index (χ0) is 22.2. The van der Waals surface area contributed by atoms with Crippen LogP contribution in [0.4, 0.5) is 4.39 Å². The van der Waals surface area contributed by atoms with Crippen LogP contribution in [0.5, 0.6) is 0 Å². The molecule has 0 radical (unpaired) electrons. The molecule has 2 fully saturated rings. The summed E-state index contributed by atoms with van der Waals surface area (Å²) >= 11 is 0. The van der Waals surface area contributed by atoms with Gasteiger partial charge in [0.05, 0.1) is 21.7 Å². The van der Waals surface area contributed by atoms with E-state index in [0.29, 0.717) is 13.1 Å². The molecule has 2 heterocycles. The molecule has 2 saturated heterocycles. The van der Waals surface area contributed by atoms with Gasteiger partial charge < -0.3 is 0 Å². The minimum Gasteiger partial charge on any atom is -0.297 e. The average Bonchev–Trinajstić information content (AvgIpc) is 3.07. The van der Waals surface area contributed by atoms with Crippen molar-refractivity contribution in [3.63, 3.8) is 0 Å². The molecule has 2 aliphatic rings. The molecule has 4 rings (SSSR count). The maximum atomic E-state index is 13.6. The third-order valence-corrected chi connectivity index (χ3v) is 10.4. The van der Waals surface area contributed by atoms with Gasteiger partial charge in [-0.15, -0.1) is 0 Å². The van der Waals surface area contributed by atoms with Crippen molar-refractivity contribution in [3.8, 4) is 0 Å². The van der Waals surface area contributed by atoms with E-state index in [9.17, 15) is 21.2 Å². The molecule has 0 aromatic heterocycles. The lowest BCUT2D eigenvalue weighted by Crippen LogP contribution is -2.54. The van der Waals surface area contributed by atoms with E-state index in [-0.39, 0.29) is 22.0 Å². The van der Waals surface area contributed by atoms with Crippen molar-refractivity contribution in [2.75, 3.05) is 37.7 Å². The Morgan fingerprint density at radius 2 is 1.68 bits per heavy atom. The number of piperazine rings is 1. The Kier molecular flexibility index (Phi) is 6.22. The molecule has 2 unspecified atom stereocenters. The maximum absolute atomic E-state index is 13.6. The fourth-order valence-corrected chi connectivity index (χ4v) is 9.41. The summed E-state index contributed by atoms with van der Waals surface area (Å²) in [4.78, 5) is 4.29. The lowest BCUT2D eigenvalue weighted by molar-refractivity contribution is 0.101. The van der Waals surface area contributed by atoms with Gasteiger partial charge in [-0.05, 0) is 36.2 Å².